The molecule has 3 heteroatoms. The summed E-state index contributed by atoms with van der Waals surface area (Å²) in [4.78, 5) is 14.1. The average molecular weight is 247 g/mol. The number of rotatable bonds is 3. The van der Waals surface area contributed by atoms with E-state index in [-0.39, 0.29) is 11.7 Å². The molecule has 0 radical (unpaired) electrons. The van der Waals surface area contributed by atoms with E-state index < -0.39 is 0 Å². The Kier molecular flexibility index (Phi) is 4.24. The smallest absolute Gasteiger partial charge is 0.257 e. The Morgan fingerprint density at radius 1 is 1.33 bits per heavy atom. The highest BCUT2D eigenvalue weighted by Gasteiger charge is 2.24. The lowest BCUT2D eigenvalue weighted by atomic mass is 9.92. The molecule has 0 aromatic heterocycles. The molecule has 18 heavy (non-hydrogen) atoms. The lowest BCUT2D eigenvalue weighted by Gasteiger charge is -2.32. The van der Waals surface area contributed by atoms with Crippen molar-refractivity contribution in [3.8, 4) is 5.75 Å². The molecule has 1 aliphatic rings. The van der Waals surface area contributed by atoms with Gasteiger partial charge in [-0.2, -0.15) is 0 Å². The molecule has 1 saturated heterocycles. The average Bonchev–Trinajstić information content (AvgIpc) is 2.40. The predicted octanol–water partition coefficient (Wildman–Crippen LogP) is 3.04. The molecule has 1 fully saturated rings. The Balaban J connectivity index is 1.98. The number of carbonyl (C=O) groups excluding carboxylic acids is 1. The molecule has 0 aliphatic carbocycles. The Labute approximate surface area is 108 Å². The van der Waals surface area contributed by atoms with Crippen molar-refractivity contribution in [2.24, 2.45) is 5.92 Å². The van der Waals surface area contributed by atoms with Crippen molar-refractivity contribution in [2.45, 2.75) is 32.6 Å². The van der Waals surface area contributed by atoms with Gasteiger partial charge in [-0.15, -0.1) is 0 Å². The quantitative estimate of drug-likeness (QED) is 0.891. The van der Waals surface area contributed by atoms with Crippen LogP contribution < -0.4 is 0 Å². The number of aromatic hydroxyl groups is 1. The third-order valence-corrected chi connectivity index (χ3v) is 3.73. The predicted molar refractivity (Wildman–Crippen MR) is 71.6 cm³/mol. The highest BCUT2D eigenvalue weighted by atomic mass is 16.3. The molecule has 0 atom stereocenters. The Morgan fingerprint density at radius 2 is 2.00 bits per heavy atom. The molecule has 98 valence electrons. The monoisotopic (exact) mass is 247 g/mol. The fourth-order valence-electron chi connectivity index (χ4n) is 2.66. The summed E-state index contributed by atoms with van der Waals surface area (Å²) in [6.07, 6.45) is 4.66. The number of benzene rings is 1. The molecular formula is C15H21NO2. The van der Waals surface area contributed by atoms with Crippen molar-refractivity contribution in [1.29, 1.82) is 0 Å². The van der Waals surface area contributed by atoms with Crippen LogP contribution >= 0.6 is 0 Å². The van der Waals surface area contributed by atoms with Gasteiger partial charge >= 0.3 is 0 Å². The van der Waals surface area contributed by atoms with Crippen LogP contribution in [0.5, 0.6) is 5.75 Å². The summed E-state index contributed by atoms with van der Waals surface area (Å²) in [5, 5.41) is 9.70. The van der Waals surface area contributed by atoms with E-state index in [1.807, 2.05) is 4.90 Å². The highest BCUT2D eigenvalue weighted by Crippen LogP contribution is 2.24. The molecule has 1 amide bonds. The molecule has 1 aliphatic heterocycles. The fraction of sp³-hybridized carbons (Fsp3) is 0.533. The van der Waals surface area contributed by atoms with Crippen LogP contribution in [0.1, 0.15) is 43.0 Å². The lowest BCUT2D eigenvalue weighted by molar-refractivity contribution is 0.0683. The maximum Gasteiger partial charge on any atom is 0.257 e. The zero-order valence-electron chi connectivity index (χ0n) is 10.9. The van der Waals surface area contributed by atoms with Gasteiger partial charge in [-0.25, -0.2) is 0 Å². The van der Waals surface area contributed by atoms with Gasteiger partial charge in [0, 0.05) is 13.1 Å². The summed E-state index contributed by atoms with van der Waals surface area (Å²) < 4.78 is 0. The molecule has 3 nitrogen and oxygen atoms in total. The van der Waals surface area contributed by atoms with Gasteiger partial charge in [0.2, 0.25) is 0 Å². The number of piperidine rings is 1. The number of phenolic OH excluding ortho intramolecular Hbond substituents is 1. The molecular weight excluding hydrogens is 226 g/mol. The van der Waals surface area contributed by atoms with Crippen LogP contribution in [-0.2, 0) is 0 Å². The molecule has 0 spiro atoms. The van der Waals surface area contributed by atoms with Crippen molar-refractivity contribution in [3.63, 3.8) is 0 Å². The summed E-state index contributed by atoms with van der Waals surface area (Å²) in [7, 11) is 0. The van der Waals surface area contributed by atoms with Crippen molar-refractivity contribution in [1.82, 2.24) is 4.90 Å². The van der Waals surface area contributed by atoms with Crippen molar-refractivity contribution in [3.05, 3.63) is 29.8 Å². The number of carbonyl (C=O) groups is 1. The van der Waals surface area contributed by atoms with E-state index in [0.717, 1.165) is 31.8 Å². The summed E-state index contributed by atoms with van der Waals surface area (Å²) in [6.45, 7) is 3.84. The second kappa shape index (κ2) is 5.89. The minimum Gasteiger partial charge on any atom is -0.507 e. The van der Waals surface area contributed by atoms with Crippen LogP contribution in [0.25, 0.3) is 0 Å². The zero-order chi connectivity index (χ0) is 13.0. The first-order valence-corrected chi connectivity index (χ1v) is 6.79. The maximum absolute atomic E-state index is 12.3. The minimum absolute atomic E-state index is 0.0388. The first kappa shape index (κ1) is 12.9. The maximum atomic E-state index is 12.3. The molecule has 1 heterocycles. The molecule has 1 aromatic rings. The van der Waals surface area contributed by atoms with Crippen molar-refractivity contribution >= 4 is 5.91 Å². The van der Waals surface area contributed by atoms with E-state index in [2.05, 4.69) is 6.92 Å². The van der Waals surface area contributed by atoms with E-state index >= 15 is 0 Å². The lowest BCUT2D eigenvalue weighted by Crippen LogP contribution is -2.38. The molecule has 0 saturated carbocycles. The van der Waals surface area contributed by atoms with Gasteiger partial charge in [-0.05, 0) is 30.9 Å². The van der Waals surface area contributed by atoms with Crippen molar-refractivity contribution < 1.29 is 9.90 Å². The standard InChI is InChI=1S/C15H21NO2/c1-2-5-12-8-10-16(11-9-12)15(18)13-6-3-4-7-14(13)17/h3-4,6-7,12,17H,2,5,8-11H2,1H3. The topological polar surface area (TPSA) is 40.5 Å². The third-order valence-electron chi connectivity index (χ3n) is 3.73. The highest BCUT2D eigenvalue weighted by molar-refractivity contribution is 5.96. The number of hydrogen-bond acceptors (Lipinski definition) is 2. The summed E-state index contributed by atoms with van der Waals surface area (Å²) in [6, 6.07) is 6.78. The van der Waals surface area contributed by atoms with Gasteiger partial charge in [0.15, 0.2) is 0 Å². The third kappa shape index (κ3) is 2.84. The van der Waals surface area contributed by atoms with Gasteiger partial charge in [-0.3, -0.25) is 4.79 Å². The first-order chi connectivity index (χ1) is 8.72. The zero-order valence-corrected chi connectivity index (χ0v) is 10.9. The number of likely N-dealkylation sites (tertiary alicyclic amines) is 1. The largest absolute Gasteiger partial charge is 0.507 e. The van der Waals surface area contributed by atoms with Crippen molar-refractivity contribution in [2.75, 3.05) is 13.1 Å². The van der Waals surface area contributed by atoms with E-state index in [1.54, 1.807) is 24.3 Å². The second-order valence-corrected chi connectivity index (χ2v) is 5.04. The number of hydrogen-bond donors (Lipinski definition) is 1. The number of nitrogens with zero attached hydrogens (tertiary/aromatic N) is 1. The Hall–Kier alpha value is -1.51. The van der Waals surface area contributed by atoms with E-state index in [4.69, 9.17) is 0 Å². The Bertz CT molecular complexity index is 409. The van der Waals surface area contributed by atoms with Crippen LogP contribution in [0.3, 0.4) is 0 Å². The van der Waals surface area contributed by atoms with Crippen LogP contribution in [0.2, 0.25) is 0 Å². The first-order valence-electron chi connectivity index (χ1n) is 6.79. The molecule has 0 bridgehead atoms. The van der Waals surface area contributed by atoms with Gasteiger partial charge < -0.3 is 10.0 Å². The molecule has 0 unspecified atom stereocenters. The van der Waals surface area contributed by atoms with E-state index in [1.165, 1.54) is 12.8 Å². The van der Waals surface area contributed by atoms with Crippen LogP contribution in [0.4, 0.5) is 0 Å². The van der Waals surface area contributed by atoms with E-state index in [9.17, 15) is 9.90 Å². The van der Waals surface area contributed by atoms with E-state index in [0.29, 0.717) is 5.56 Å². The van der Waals surface area contributed by atoms with Gasteiger partial charge in [0.1, 0.15) is 5.75 Å². The number of para-hydroxylation sites is 1. The molecule has 1 aromatic carbocycles. The minimum atomic E-state index is -0.0388. The normalized spacial score (nSPS) is 16.8. The van der Waals surface area contributed by atoms with Crippen LogP contribution in [0.15, 0.2) is 24.3 Å². The summed E-state index contributed by atoms with van der Waals surface area (Å²) in [5.74, 6) is 0.810. The molecule has 2 rings (SSSR count). The van der Waals surface area contributed by atoms with Gasteiger partial charge in [-0.1, -0.05) is 31.9 Å². The number of phenols is 1. The molecule has 1 N–H and O–H groups in total. The summed E-state index contributed by atoms with van der Waals surface area (Å²) in [5.41, 5.74) is 0.423. The number of amides is 1. The second-order valence-electron chi connectivity index (χ2n) is 5.04. The van der Waals surface area contributed by atoms with Gasteiger partial charge in [0.05, 0.1) is 5.56 Å². The fourth-order valence-corrected chi connectivity index (χ4v) is 2.66. The SMILES string of the molecule is CCCC1CCN(C(=O)c2ccccc2O)CC1. The van der Waals surface area contributed by atoms with Gasteiger partial charge in [0.25, 0.3) is 5.91 Å². The summed E-state index contributed by atoms with van der Waals surface area (Å²) >= 11 is 0. The van der Waals surface area contributed by atoms with Crippen LogP contribution in [-0.4, -0.2) is 29.0 Å². The van der Waals surface area contributed by atoms with Crippen LogP contribution in [0, 0.1) is 5.92 Å². The Morgan fingerprint density at radius 3 is 2.61 bits per heavy atom.